The number of fused-ring (bicyclic) bond motifs is 1. The second kappa shape index (κ2) is 12.8. The summed E-state index contributed by atoms with van der Waals surface area (Å²) in [5.41, 5.74) is -2.63. The smallest absolute Gasteiger partial charge is 0.338 e. The third-order valence-electron chi connectivity index (χ3n) is 9.74. The van der Waals surface area contributed by atoms with Crippen LogP contribution in [-0.4, -0.2) is 105 Å². The molecule has 49 heavy (non-hydrogen) atoms. The summed E-state index contributed by atoms with van der Waals surface area (Å²) in [4.78, 5) is 49.4. The van der Waals surface area contributed by atoms with E-state index in [-0.39, 0.29) is 68.2 Å². The fourth-order valence-corrected chi connectivity index (χ4v) is 7.27. The number of carbonyl (C=O) groups excluding carboxylic acids is 2. The molecule has 1 aromatic carbocycles. The molecule has 3 fully saturated rings. The minimum Gasteiger partial charge on any atom is -0.481 e. The number of rotatable bonds is 11. The van der Waals surface area contributed by atoms with Crippen molar-refractivity contribution in [2.24, 2.45) is 10.4 Å². The van der Waals surface area contributed by atoms with Gasteiger partial charge in [-0.2, -0.15) is 0 Å². The summed E-state index contributed by atoms with van der Waals surface area (Å²) in [5, 5.41) is 17.1. The summed E-state index contributed by atoms with van der Waals surface area (Å²) in [6.45, 7) is 4.60. The maximum absolute atomic E-state index is 16.2. The molecule has 2 aromatic rings. The zero-order valence-electron chi connectivity index (χ0n) is 27.5. The molecule has 0 radical (unpaired) electrons. The number of thiazole rings is 1. The average Bonchev–Trinajstić information content (AvgIpc) is 3.36. The molecule has 16 heteroatoms. The number of nitrogens with one attached hydrogen (secondary N) is 1. The van der Waals surface area contributed by atoms with E-state index in [1.807, 2.05) is 0 Å². The monoisotopic (exact) mass is 706 g/mol. The van der Waals surface area contributed by atoms with Crippen LogP contribution in [0.2, 0.25) is 0 Å². The highest BCUT2D eigenvalue weighted by molar-refractivity contribution is 7.11. The molecular weight excluding hydrogens is 668 g/mol. The summed E-state index contributed by atoms with van der Waals surface area (Å²) in [7, 11) is 0. The highest BCUT2D eigenvalue weighted by Gasteiger charge is 2.65. The van der Waals surface area contributed by atoms with Gasteiger partial charge in [0.1, 0.15) is 17.9 Å². The Morgan fingerprint density at radius 1 is 1.20 bits per heavy atom. The van der Waals surface area contributed by atoms with Crippen molar-refractivity contribution in [3.8, 4) is 0 Å². The van der Waals surface area contributed by atoms with Crippen LogP contribution >= 0.6 is 11.3 Å². The predicted octanol–water partition coefficient (Wildman–Crippen LogP) is 4.25. The summed E-state index contributed by atoms with van der Waals surface area (Å²) < 4.78 is 67.8. The number of esters is 1. The van der Waals surface area contributed by atoms with Gasteiger partial charge in [0, 0.05) is 30.4 Å². The van der Waals surface area contributed by atoms with Crippen LogP contribution < -0.4 is 5.32 Å². The molecule has 6 rings (SSSR count). The van der Waals surface area contributed by atoms with Gasteiger partial charge in [-0.15, -0.1) is 11.3 Å². The van der Waals surface area contributed by atoms with E-state index in [4.69, 9.17) is 9.73 Å². The molecule has 1 saturated carbocycles. The number of hydrazine groups is 1. The number of carboxylic acids is 1. The first-order valence-corrected chi connectivity index (χ1v) is 17.0. The van der Waals surface area contributed by atoms with Crippen molar-refractivity contribution in [2.75, 3.05) is 32.8 Å². The number of amides is 1. The first-order chi connectivity index (χ1) is 23.1. The number of likely N-dealkylation sites (tertiary alicyclic amines) is 1. The molecule has 11 nitrogen and oxygen atoms in total. The van der Waals surface area contributed by atoms with Crippen molar-refractivity contribution in [3.63, 3.8) is 0 Å². The fraction of sp³-hybridized carbons (Fsp3) is 0.545. The van der Waals surface area contributed by atoms with Gasteiger partial charge in [-0.05, 0) is 64.2 Å². The Kier molecular flexibility index (Phi) is 9.11. The third-order valence-corrected chi connectivity index (χ3v) is 10.5. The van der Waals surface area contributed by atoms with Crippen molar-refractivity contribution >= 4 is 35.0 Å². The maximum Gasteiger partial charge on any atom is 0.338 e. The first kappa shape index (κ1) is 35.0. The number of aliphatic imine (C=N–C) groups is 1. The van der Waals surface area contributed by atoms with Crippen molar-refractivity contribution < 1.29 is 41.8 Å². The number of amidine groups is 1. The molecule has 3 aliphatic heterocycles. The lowest BCUT2D eigenvalue weighted by atomic mass is 9.89. The molecule has 3 unspecified atom stereocenters. The Bertz CT molecular complexity index is 1710. The molecular formula is C33H38F4N6O5S. The van der Waals surface area contributed by atoms with E-state index in [0.29, 0.717) is 10.6 Å². The molecule has 2 N–H and O–H groups in total. The van der Waals surface area contributed by atoms with E-state index in [9.17, 15) is 23.9 Å². The Morgan fingerprint density at radius 2 is 1.94 bits per heavy atom. The minimum atomic E-state index is -3.41. The minimum absolute atomic E-state index is 0.00368. The normalized spacial score (nSPS) is 24.8. The number of aromatic nitrogens is 1. The van der Waals surface area contributed by atoms with Gasteiger partial charge in [-0.3, -0.25) is 24.5 Å². The quantitative estimate of drug-likeness (QED) is 0.261. The summed E-state index contributed by atoms with van der Waals surface area (Å²) >= 11 is 1.26. The highest BCUT2D eigenvalue weighted by atomic mass is 32.1. The number of aliphatic carboxylic acids is 1. The molecule has 3 atom stereocenters. The van der Waals surface area contributed by atoms with Gasteiger partial charge < -0.3 is 15.2 Å². The van der Waals surface area contributed by atoms with E-state index in [1.54, 1.807) is 31.5 Å². The summed E-state index contributed by atoms with van der Waals surface area (Å²) in [6.07, 6.45) is 1.44. The van der Waals surface area contributed by atoms with Crippen LogP contribution in [-0.2, 0) is 19.1 Å². The van der Waals surface area contributed by atoms with Crippen LogP contribution in [0.15, 0.2) is 46.0 Å². The first-order valence-electron chi connectivity index (χ1n) is 16.1. The van der Waals surface area contributed by atoms with Gasteiger partial charge in [-0.1, -0.05) is 12.1 Å². The second-order valence-corrected chi connectivity index (χ2v) is 14.4. The number of hydrogen-bond donors (Lipinski definition) is 2. The van der Waals surface area contributed by atoms with Crippen LogP contribution in [0, 0.1) is 18.2 Å². The second-order valence-electron chi connectivity index (χ2n) is 13.5. The number of alkyl halides is 3. The molecule has 0 bridgehead atoms. The van der Waals surface area contributed by atoms with Crippen LogP contribution in [0.3, 0.4) is 0 Å². The Morgan fingerprint density at radius 3 is 2.57 bits per heavy atom. The maximum atomic E-state index is 16.2. The molecule has 1 amide bonds. The number of carboxylic acid groups (broad SMARTS) is 1. The van der Waals surface area contributed by atoms with E-state index < -0.39 is 65.3 Å². The van der Waals surface area contributed by atoms with Crippen molar-refractivity contribution in [3.05, 3.63) is 63.0 Å². The topological polar surface area (TPSA) is 128 Å². The summed E-state index contributed by atoms with van der Waals surface area (Å²) in [5.74, 6) is -6.50. The lowest BCUT2D eigenvalue weighted by molar-refractivity contribution is -0.164. The van der Waals surface area contributed by atoms with Gasteiger partial charge in [-0.25, -0.2) is 32.3 Å². The number of carbonyl (C=O) groups is 3. The Hall–Kier alpha value is -3.89. The third kappa shape index (κ3) is 6.45. The molecule has 4 heterocycles. The Balaban J connectivity index is 1.40. The van der Waals surface area contributed by atoms with Crippen molar-refractivity contribution in [2.45, 2.75) is 76.7 Å². The molecule has 1 aliphatic carbocycles. The zero-order chi connectivity index (χ0) is 35.5. The van der Waals surface area contributed by atoms with Gasteiger partial charge in [0.25, 0.3) is 11.8 Å². The lowest BCUT2D eigenvalue weighted by Crippen LogP contribution is -2.54. The Labute approximate surface area is 284 Å². The SMILES string of the molecule is CCOC(=O)C1=C(CN2CC(F)(F)C3C2CN(C(=O)C2(F)CC2)N3CCC(C)(C)C(=O)O)NC(c2nccs2)=NC1c1cccc(F)c1C. The number of halogens is 4. The lowest BCUT2D eigenvalue weighted by Gasteiger charge is -2.36. The molecule has 0 spiro atoms. The van der Waals surface area contributed by atoms with Crippen LogP contribution in [0.1, 0.15) is 62.2 Å². The molecule has 4 aliphatic rings. The largest absolute Gasteiger partial charge is 0.481 e. The van der Waals surface area contributed by atoms with E-state index >= 15 is 13.2 Å². The highest BCUT2D eigenvalue weighted by Crippen LogP contribution is 2.47. The van der Waals surface area contributed by atoms with Gasteiger partial charge in [0.2, 0.25) is 0 Å². The fourth-order valence-electron chi connectivity index (χ4n) is 6.68. The van der Waals surface area contributed by atoms with Gasteiger partial charge in [0.15, 0.2) is 16.5 Å². The summed E-state index contributed by atoms with van der Waals surface area (Å²) in [6, 6.07) is 0.757. The zero-order valence-corrected chi connectivity index (χ0v) is 28.3. The van der Waals surface area contributed by atoms with Gasteiger partial charge in [0.05, 0.1) is 36.7 Å². The average molecular weight is 707 g/mol. The van der Waals surface area contributed by atoms with Crippen molar-refractivity contribution in [1.29, 1.82) is 0 Å². The number of nitrogens with zero attached hydrogens (tertiary/aromatic N) is 5. The van der Waals surface area contributed by atoms with E-state index in [2.05, 4.69) is 10.3 Å². The number of ether oxygens (including phenoxy) is 1. The molecule has 2 saturated heterocycles. The number of hydrogen-bond acceptors (Lipinski definition) is 10. The van der Waals surface area contributed by atoms with Crippen molar-refractivity contribution in [1.82, 2.24) is 25.2 Å². The van der Waals surface area contributed by atoms with Crippen LogP contribution in [0.25, 0.3) is 0 Å². The predicted molar refractivity (Wildman–Crippen MR) is 171 cm³/mol. The number of benzene rings is 1. The standard InChI is InChI=1S/C33H38F4N6O5S/c1-5-48-28(44)23-21(39-26(27-38-12-14-49-27)40-24(23)19-7-6-8-20(34)18(19)2)15-41-17-33(36,37)25-22(41)16-43(29(45)32(35)9-10-32)42(25)13-11-31(3,4)30(46)47/h6-8,12,14,22,24-25H,5,9-11,13,15-17H2,1-4H3,(H,39,40)(H,46,47). The van der Waals surface area contributed by atoms with E-state index in [1.165, 1.54) is 42.2 Å². The van der Waals surface area contributed by atoms with Gasteiger partial charge >= 0.3 is 11.9 Å². The van der Waals surface area contributed by atoms with E-state index in [0.717, 1.165) is 10.0 Å². The molecule has 264 valence electrons. The molecule has 1 aromatic heterocycles. The van der Waals surface area contributed by atoms with Crippen LogP contribution in [0.4, 0.5) is 17.6 Å². The van der Waals surface area contributed by atoms with Crippen LogP contribution in [0.5, 0.6) is 0 Å².